The number of hydrogen-bond donors (Lipinski definition) is 2. The van der Waals surface area contributed by atoms with Crippen molar-refractivity contribution in [3.63, 3.8) is 0 Å². The van der Waals surface area contributed by atoms with Crippen molar-refractivity contribution >= 4 is 17.4 Å². The first-order valence-corrected chi connectivity index (χ1v) is 10.3. The highest BCUT2D eigenvalue weighted by atomic mass is 16.5. The van der Waals surface area contributed by atoms with Crippen LogP contribution in [0.2, 0.25) is 0 Å². The topological polar surface area (TPSA) is 94.0 Å². The fraction of sp³-hybridized carbons (Fsp3) is 0.167. The molecular weight excluding hydrogens is 404 g/mol. The van der Waals surface area contributed by atoms with Crippen LogP contribution in [0, 0.1) is 13.8 Å². The van der Waals surface area contributed by atoms with E-state index in [-0.39, 0.29) is 6.03 Å². The molecule has 8 heteroatoms. The summed E-state index contributed by atoms with van der Waals surface area (Å²) in [4.78, 5) is 12.2. The number of amides is 2. The number of ether oxygens (including phenoxy) is 1. The molecule has 0 aliphatic carbocycles. The standard InChI is InChI=1S/C24H24N6O2/c1-4-18-5-7-19(8-6-18)25-24(31)26-20-9-11-21(12-10-20)32-23-14-13-22(27-28-23)30-17(3)15-16(2)29-30/h5-15H,4H2,1-3H3,(H2,25,26,31). The summed E-state index contributed by atoms with van der Waals surface area (Å²) >= 11 is 0. The van der Waals surface area contributed by atoms with Crippen molar-refractivity contribution in [2.24, 2.45) is 0 Å². The lowest BCUT2D eigenvalue weighted by molar-refractivity contribution is 0.262. The number of carbonyl (C=O) groups excluding carboxylic acids is 1. The predicted molar refractivity (Wildman–Crippen MR) is 124 cm³/mol. The van der Waals surface area contributed by atoms with Gasteiger partial charge in [0.15, 0.2) is 5.82 Å². The Morgan fingerprint density at radius 2 is 1.56 bits per heavy atom. The number of hydrogen-bond acceptors (Lipinski definition) is 5. The lowest BCUT2D eigenvalue weighted by Crippen LogP contribution is -2.19. The van der Waals surface area contributed by atoms with E-state index in [0.29, 0.717) is 23.1 Å². The molecule has 0 radical (unpaired) electrons. The minimum atomic E-state index is -0.312. The first-order chi connectivity index (χ1) is 15.5. The number of rotatable bonds is 6. The van der Waals surface area contributed by atoms with Gasteiger partial charge in [-0.1, -0.05) is 19.1 Å². The van der Waals surface area contributed by atoms with Crippen molar-refractivity contribution in [3.8, 4) is 17.4 Å². The van der Waals surface area contributed by atoms with Crippen LogP contribution in [0.3, 0.4) is 0 Å². The van der Waals surface area contributed by atoms with Crippen LogP contribution in [-0.4, -0.2) is 26.0 Å². The Balaban J connectivity index is 1.34. The van der Waals surface area contributed by atoms with Crippen molar-refractivity contribution < 1.29 is 9.53 Å². The second kappa shape index (κ2) is 9.30. The van der Waals surface area contributed by atoms with Gasteiger partial charge in [0, 0.05) is 23.1 Å². The first-order valence-electron chi connectivity index (χ1n) is 10.3. The Labute approximate surface area is 186 Å². The summed E-state index contributed by atoms with van der Waals surface area (Å²) in [6, 6.07) is 20.0. The van der Waals surface area contributed by atoms with E-state index in [2.05, 4.69) is 32.9 Å². The van der Waals surface area contributed by atoms with E-state index in [1.165, 1.54) is 5.56 Å². The molecule has 2 N–H and O–H groups in total. The lowest BCUT2D eigenvalue weighted by atomic mass is 10.1. The van der Waals surface area contributed by atoms with Crippen molar-refractivity contribution in [3.05, 3.63) is 83.7 Å². The van der Waals surface area contributed by atoms with Crippen molar-refractivity contribution in [1.82, 2.24) is 20.0 Å². The van der Waals surface area contributed by atoms with Crippen molar-refractivity contribution in [2.45, 2.75) is 27.2 Å². The molecule has 8 nitrogen and oxygen atoms in total. The highest BCUT2D eigenvalue weighted by molar-refractivity contribution is 5.99. The molecule has 0 aliphatic rings. The van der Waals surface area contributed by atoms with Gasteiger partial charge in [-0.3, -0.25) is 0 Å². The lowest BCUT2D eigenvalue weighted by Gasteiger charge is -2.09. The second-order valence-corrected chi connectivity index (χ2v) is 7.32. The van der Waals surface area contributed by atoms with Gasteiger partial charge in [0.2, 0.25) is 5.88 Å². The zero-order valence-electron chi connectivity index (χ0n) is 18.2. The van der Waals surface area contributed by atoms with E-state index in [0.717, 1.165) is 23.5 Å². The van der Waals surface area contributed by atoms with Gasteiger partial charge in [0.25, 0.3) is 0 Å². The predicted octanol–water partition coefficient (Wildman–Crippen LogP) is 5.28. The molecular formula is C24H24N6O2. The van der Waals surface area contributed by atoms with Crippen LogP contribution in [0.1, 0.15) is 23.9 Å². The molecule has 32 heavy (non-hydrogen) atoms. The molecule has 4 aromatic rings. The number of urea groups is 1. The molecule has 0 unspecified atom stereocenters. The number of anilines is 2. The zero-order valence-corrected chi connectivity index (χ0v) is 18.2. The third kappa shape index (κ3) is 5.10. The smallest absolute Gasteiger partial charge is 0.323 e. The van der Waals surface area contributed by atoms with Gasteiger partial charge in [-0.2, -0.15) is 5.10 Å². The molecule has 0 atom stereocenters. The molecule has 2 aromatic heterocycles. The fourth-order valence-corrected chi connectivity index (χ4v) is 3.19. The van der Waals surface area contributed by atoms with Gasteiger partial charge in [0.05, 0.1) is 5.69 Å². The van der Waals surface area contributed by atoms with E-state index in [1.807, 2.05) is 44.2 Å². The van der Waals surface area contributed by atoms with E-state index >= 15 is 0 Å². The average Bonchev–Trinajstić information content (AvgIpc) is 3.14. The average molecular weight is 428 g/mol. The SMILES string of the molecule is CCc1ccc(NC(=O)Nc2ccc(Oc3ccc(-n4nc(C)cc4C)nn3)cc2)cc1. The number of aryl methyl sites for hydroxylation is 3. The van der Waals surface area contributed by atoms with Gasteiger partial charge in [0.1, 0.15) is 5.75 Å². The molecule has 4 rings (SSSR count). The second-order valence-electron chi connectivity index (χ2n) is 7.32. The van der Waals surface area contributed by atoms with Gasteiger partial charge in [-0.15, -0.1) is 10.2 Å². The Morgan fingerprint density at radius 3 is 2.09 bits per heavy atom. The summed E-state index contributed by atoms with van der Waals surface area (Å²) in [6.07, 6.45) is 0.959. The van der Waals surface area contributed by atoms with Crippen LogP contribution in [0.25, 0.3) is 5.82 Å². The molecule has 0 spiro atoms. The fourth-order valence-electron chi connectivity index (χ4n) is 3.19. The van der Waals surface area contributed by atoms with Crippen LogP contribution < -0.4 is 15.4 Å². The quantitative estimate of drug-likeness (QED) is 0.436. The normalized spacial score (nSPS) is 10.6. The van der Waals surface area contributed by atoms with Crippen molar-refractivity contribution in [1.29, 1.82) is 0 Å². The number of benzene rings is 2. The van der Waals surface area contributed by atoms with Crippen LogP contribution in [0.4, 0.5) is 16.2 Å². The van der Waals surface area contributed by atoms with E-state index < -0.39 is 0 Å². The molecule has 0 aliphatic heterocycles. The third-order valence-corrected chi connectivity index (χ3v) is 4.81. The van der Waals surface area contributed by atoms with Crippen LogP contribution >= 0.6 is 0 Å². The van der Waals surface area contributed by atoms with E-state index in [4.69, 9.17) is 4.74 Å². The zero-order chi connectivity index (χ0) is 22.5. The maximum atomic E-state index is 12.2. The first kappa shape index (κ1) is 21.0. The maximum absolute atomic E-state index is 12.2. The maximum Gasteiger partial charge on any atom is 0.323 e. The summed E-state index contributed by atoms with van der Waals surface area (Å²) in [5, 5.41) is 18.3. The van der Waals surface area contributed by atoms with Crippen molar-refractivity contribution in [2.75, 3.05) is 10.6 Å². The van der Waals surface area contributed by atoms with E-state index in [1.54, 1.807) is 41.1 Å². The summed E-state index contributed by atoms with van der Waals surface area (Å²) in [7, 11) is 0. The Kier molecular flexibility index (Phi) is 6.12. The Bertz CT molecular complexity index is 1200. The van der Waals surface area contributed by atoms with E-state index in [9.17, 15) is 4.79 Å². The molecule has 2 amide bonds. The van der Waals surface area contributed by atoms with Gasteiger partial charge < -0.3 is 15.4 Å². The Hall–Kier alpha value is -4.20. The molecule has 0 bridgehead atoms. The number of carbonyl (C=O) groups is 1. The Morgan fingerprint density at radius 1 is 0.906 bits per heavy atom. The molecule has 2 aromatic carbocycles. The summed E-state index contributed by atoms with van der Waals surface area (Å²) in [5.41, 5.74) is 4.50. The van der Waals surface area contributed by atoms with Crippen LogP contribution in [-0.2, 0) is 6.42 Å². The summed E-state index contributed by atoms with van der Waals surface area (Å²) in [5.74, 6) is 1.57. The summed E-state index contributed by atoms with van der Waals surface area (Å²) in [6.45, 7) is 5.98. The highest BCUT2D eigenvalue weighted by Crippen LogP contribution is 2.22. The summed E-state index contributed by atoms with van der Waals surface area (Å²) < 4.78 is 7.48. The van der Waals surface area contributed by atoms with Crippen LogP contribution in [0.5, 0.6) is 11.6 Å². The number of nitrogens with one attached hydrogen (secondary N) is 2. The minimum Gasteiger partial charge on any atom is -0.438 e. The van der Waals surface area contributed by atoms with Gasteiger partial charge in [-0.05, 0) is 74.4 Å². The minimum absolute atomic E-state index is 0.312. The number of aromatic nitrogens is 4. The molecule has 0 saturated heterocycles. The molecule has 0 fully saturated rings. The van der Waals surface area contributed by atoms with Gasteiger partial charge in [-0.25, -0.2) is 9.48 Å². The largest absolute Gasteiger partial charge is 0.438 e. The highest BCUT2D eigenvalue weighted by Gasteiger charge is 2.08. The van der Waals surface area contributed by atoms with Crippen LogP contribution in [0.15, 0.2) is 66.7 Å². The number of nitrogens with zero attached hydrogens (tertiary/aromatic N) is 4. The third-order valence-electron chi connectivity index (χ3n) is 4.81. The molecule has 0 saturated carbocycles. The molecule has 2 heterocycles. The van der Waals surface area contributed by atoms with Gasteiger partial charge >= 0.3 is 6.03 Å². The molecule has 162 valence electrons. The monoisotopic (exact) mass is 428 g/mol.